The molecule has 7 heteroatoms. The van der Waals surface area contributed by atoms with E-state index in [9.17, 15) is 14.2 Å². The Morgan fingerprint density at radius 2 is 1.32 bits per heavy atom. The topological polar surface area (TPSA) is 78.9 Å². The molecule has 6 nitrogen and oxygen atoms in total. The summed E-state index contributed by atoms with van der Waals surface area (Å²) in [5.41, 5.74) is 0.248. The zero-order valence-electron chi connectivity index (χ0n) is 17.0. The highest BCUT2D eigenvalue weighted by Crippen LogP contribution is 2.55. The number of benzene rings is 2. The summed E-state index contributed by atoms with van der Waals surface area (Å²) in [6.45, 7) is 5.10. The minimum absolute atomic E-state index is 0.0180. The van der Waals surface area contributed by atoms with E-state index in [1.165, 1.54) is 33.5 Å². The Kier molecular flexibility index (Phi) is 6.68. The van der Waals surface area contributed by atoms with Crippen molar-refractivity contribution in [2.75, 3.05) is 27.5 Å². The van der Waals surface area contributed by atoms with Crippen molar-refractivity contribution in [2.24, 2.45) is 0 Å². The summed E-state index contributed by atoms with van der Waals surface area (Å²) >= 11 is 0. The number of aryl methyl sites for hydroxylation is 2. The average molecular weight is 404 g/mol. The van der Waals surface area contributed by atoms with E-state index in [2.05, 4.69) is 0 Å². The lowest BCUT2D eigenvalue weighted by Gasteiger charge is -2.20. The van der Waals surface area contributed by atoms with E-state index in [0.29, 0.717) is 22.4 Å². The van der Waals surface area contributed by atoms with Gasteiger partial charge in [-0.25, -0.2) is 0 Å². The number of hydrogen-bond acceptors (Lipinski definition) is 6. The highest BCUT2D eigenvalue weighted by molar-refractivity contribution is 7.95. The molecule has 0 aliphatic rings. The van der Waals surface area contributed by atoms with Gasteiger partial charge in [-0.1, -0.05) is 25.1 Å². The van der Waals surface area contributed by atoms with Gasteiger partial charge in [-0.2, -0.15) is 0 Å². The molecule has 0 heterocycles. The largest absolute Gasteiger partial charge is 0.496 e. The van der Waals surface area contributed by atoms with Crippen LogP contribution in [-0.2, 0) is 4.57 Å². The maximum atomic E-state index is 13.7. The van der Waals surface area contributed by atoms with Gasteiger partial charge in [0.1, 0.15) is 22.8 Å². The predicted octanol–water partition coefficient (Wildman–Crippen LogP) is 4.69. The van der Waals surface area contributed by atoms with Crippen molar-refractivity contribution < 1.29 is 28.4 Å². The van der Waals surface area contributed by atoms with Crippen molar-refractivity contribution in [3.8, 4) is 17.2 Å². The second kappa shape index (κ2) is 8.61. The van der Waals surface area contributed by atoms with E-state index in [4.69, 9.17) is 14.2 Å². The Labute approximate surface area is 165 Å². The second-order valence-corrected chi connectivity index (χ2v) is 9.26. The van der Waals surface area contributed by atoms with Crippen molar-refractivity contribution in [3.63, 3.8) is 0 Å². The predicted molar refractivity (Wildman–Crippen MR) is 109 cm³/mol. The molecule has 0 saturated heterocycles. The minimum atomic E-state index is -3.96. The number of ether oxygens (including phenoxy) is 3. The van der Waals surface area contributed by atoms with Crippen LogP contribution < -0.4 is 14.2 Å². The second-order valence-electron chi connectivity index (χ2n) is 6.34. The molecule has 0 aromatic heterocycles. The Balaban J connectivity index is 2.69. The zero-order valence-corrected chi connectivity index (χ0v) is 17.9. The van der Waals surface area contributed by atoms with Crippen LogP contribution in [0.1, 0.15) is 38.8 Å². The van der Waals surface area contributed by atoms with Crippen LogP contribution in [0.4, 0.5) is 0 Å². The average Bonchev–Trinajstić information content (AvgIpc) is 2.71. The Morgan fingerprint density at radius 1 is 0.857 bits per heavy atom. The summed E-state index contributed by atoms with van der Waals surface area (Å²) in [5, 5.41) is 0. The Bertz CT molecular complexity index is 918. The first-order valence-electron chi connectivity index (χ1n) is 8.80. The van der Waals surface area contributed by atoms with Gasteiger partial charge in [-0.05, 0) is 25.0 Å². The molecule has 0 bridgehead atoms. The summed E-state index contributed by atoms with van der Waals surface area (Å²) in [6, 6.07) is 8.34. The Hall–Kier alpha value is -2.59. The third-order valence-electron chi connectivity index (χ3n) is 4.73. The summed E-state index contributed by atoms with van der Waals surface area (Å²) in [6.07, 6.45) is -0.100. The maximum absolute atomic E-state index is 13.7. The van der Waals surface area contributed by atoms with Crippen LogP contribution in [0, 0.1) is 13.8 Å². The molecule has 0 radical (unpaired) electrons. The van der Waals surface area contributed by atoms with E-state index in [1.807, 2.05) is 6.07 Å². The third-order valence-corrected chi connectivity index (χ3v) is 7.38. The lowest BCUT2D eigenvalue weighted by Crippen LogP contribution is -2.16. The quantitative estimate of drug-likeness (QED) is 0.594. The van der Waals surface area contributed by atoms with Crippen LogP contribution in [0.15, 0.2) is 30.3 Å². The maximum Gasteiger partial charge on any atom is 0.236 e. The molecule has 0 aliphatic carbocycles. The first-order valence-corrected chi connectivity index (χ1v) is 10.7. The fraction of sp³-hybridized carbons (Fsp3) is 0.333. The molecule has 0 spiro atoms. The van der Waals surface area contributed by atoms with Crippen LogP contribution in [0.5, 0.6) is 17.2 Å². The van der Waals surface area contributed by atoms with Crippen molar-refractivity contribution >= 4 is 18.2 Å². The van der Waals surface area contributed by atoms with Gasteiger partial charge in [0.2, 0.25) is 18.2 Å². The third kappa shape index (κ3) is 3.69. The monoisotopic (exact) mass is 404 g/mol. The van der Waals surface area contributed by atoms with Gasteiger partial charge in [0.05, 0.1) is 21.3 Å². The first kappa shape index (κ1) is 21.7. The van der Waals surface area contributed by atoms with Gasteiger partial charge in [0.15, 0.2) is 0 Å². The van der Waals surface area contributed by atoms with E-state index < -0.39 is 18.2 Å². The molecule has 2 aromatic rings. The minimum Gasteiger partial charge on any atom is -0.496 e. The van der Waals surface area contributed by atoms with Crippen molar-refractivity contribution in [2.45, 2.75) is 20.8 Å². The van der Waals surface area contributed by atoms with Gasteiger partial charge in [0.25, 0.3) is 0 Å². The van der Waals surface area contributed by atoms with Gasteiger partial charge in [-0.15, -0.1) is 0 Å². The van der Waals surface area contributed by atoms with Crippen molar-refractivity contribution in [1.29, 1.82) is 0 Å². The summed E-state index contributed by atoms with van der Waals surface area (Å²) in [4.78, 5) is 26.7. The lowest BCUT2D eigenvalue weighted by atomic mass is 10.0. The van der Waals surface area contributed by atoms with Crippen LogP contribution in [-0.4, -0.2) is 38.5 Å². The van der Waals surface area contributed by atoms with Gasteiger partial charge in [0, 0.05) is 23.9 Å². The van der Waals surface area contributed by atoms with Crippen molar-refractivity contribution in [1.82, 2.24) is 0 Å². The number of rotatable bonds is 8. The SMILES string of the molecule is CCP(=O)(C(=O)c1c(C)cccc1C)C(=O)c1c(OC)cc(OC)cc1OC. The molecular weight excluding hydrogens is 379 g/mol. The highest BCUT2D eigenvalue weighted by atomic mass is 31.2. The molecule has 28 heavy (non-hydrogen) atoms. The Morgan fingerprint density at radius 3 is 1.71 bits per heavy atom. The first-order chi connectivity index (χ1) is 13.2. The molecule has 2 aromatic carbocycles. The fourth-order valence-corrected chi connectivity index (χ4v) is 5.16. The molecule has 0 aliphatic heterocycles. The van der Waals surface area contributed by atoms with E-state index >= 15 is 0 Å². The van der Waals surface area contributed by atoms with Crippen LogP contribution in [0.25, 0.3) is 0 Å². The summed E-state index contributed by atoms with van der Waals surface area (Å²) in [5.74, 6) is 0.700. The normalized spacial score (nSPS) is 12.8. The number of carbonyl (C=O) groups excluding carboxylic acids is 2. The molecular formula is C21H25O6P. The molecule has 150 valence electrons. The van der Waals surface area contributed by atoms with Crippen LogP contribution in [0.3, 0.4) is 0 Å². The number of methoxy groups -OCH3 is 3. The molecule has 0 fully saturated rings. The van der Waals surface area contributed by atoms with Crippen LogP contribution in [0.2, 0.25) is 0 Å². The summed E-state index contributed by atoms with van der Waals surface area (Å²) < 4.78 is 29.5. The fourth-order valence-electron chi connectivity index (χ4n) is 3.11. The molecule has 1 atom stereocenters. The van der Waals surface area contributed by atoms with E-state index in [-0.39, 0.29) is 23.2 Å². The number of carbonyl (C=O) groups is 2. The molecule has 0 N–H and O–H groups in total. The lowest BCUT2D eigenvalue weighted by molar-refractivity contribution is 0.103. The van der Waals surface area contributed by atoms with Gasteiger partial charge >= 0.3 is 0 Å². The van der Waals surface area contributed by atoms with Crippen LogP contribution >= 0.6 is 7.14 Å². The van der Waals surface area contributed by atoms with Gasteiger partial charge in [-0.3, -0.25) is 9.59 Å². The molecule has 0 saturated carbocycles. The molecule has 2 rings (SSSR count). The van der Waals surface area contributed by atoms with E-state index in [0.717, 1.165) is 0 Å². The zero-order chi connectivity index (χ0) is 21.1. The molecule has 0 amide bonds. The van der Waals surface area contributed by atoms with Crippen molar-refractivity contribution in [3.05, 3.63) is 52.6 Å². The van der Waals surface area contributed by atoms with Gasteiger partial charge < -0.3 is 18.8 Å². The standard InChI is InChI=1S/C21H25O6P/c1-7-28(24,20(22)18-13(2)9-8-10-14(18)3)21(23)19-16(26-5)11-15(25-4)12-17(19)27-6/h8-12H,7H2,1-6H3. The smallest absolute Gasteiger partial charge is 0.236 e. The number of hydrogen-bond donors (Lipinski definition) is 0. The molecule has 1 unspecified atom stereocenters. The van der Waals surface area contributed by atoms with E-state index in [1.54, 1.807) is 32.9 Å². The highest BCUT2D eigenvalue weighted by Gasteiger charge is 2.43. The summed E-state index contributed by atoms with van der Waals surface area (Å²) in [7, 11) is 0.275.